The van der Waals surface area contributed by atoms with Crippen LogP contribution in [0.5, 0.6) is 0 Å². The van der Waals surface area contributed by atoms with Crippen molar-refractivity contribution in [2.75, 3.05) is 22.5 Å². The molecule has 0 radical (unpaired) electrons. The highest BCUT2D eigenvalue weighted by Crippen LogP contribution is 2.16. The fourth-order valence-electron chi connectivity index (χ4n) is 2.69. The molecule has 0 aromatic heterocycles. The Hall–Kier alpha value is -3.35. The highest BCUT2D eigenvalue weighted by molar-refractivity contribution is 5.97. The summed E-state index contributed by atoms with van der Waals surface area (Å²) < 4.78 is 0. The van der Waals surface area contributed by atoms with E-state index in [-0.39, 0.29) is 30.3 Å². The average Bonchev–Trinajstić information content (AvgIpc) is 2.72. The first-order chi connectivity index (χ1) is 14.4. The molecule has 2 rings (SSSR count). The van der Waals surface area contributed by atoms with Crippen LogP contribution in [0, 0.1) is 0 Å². The highest BCUT2D eigenvalue weighted by Gasteiger charge is 2.10. The van der Waals surface area contributed by atoms with Gasteiger partial charge in [0.05, 0.1) is 6.54 Å². The number of rotatable bonds is 10. The molecule has 2 aromatic carbocycles. The van der Waals surface area contributed by atoms with Gasteiger partial charge in [-0.05, 0) is 56.2 Å². The lowest BCUT2D eigenvalue weighted by molar-refractivity contribution is -0.116. The van der Waals surface area contributed by atoms with E-state index in [1.807, 2.05) is 20.8 Å². The number of hydrogen-bond donors (Lipinski definition) is 4. The molecule has 3 amide bonds. The zero-order valence-corrected chi connectivity index (χ0v) is 17.7. The molecule has 7 heteroatoms. The fraction of sp³-hybridized carbons (Fsp3) is 0.348. The number of carbonyl (C=O) groups excluding carboxylic acids is 3. The van der Waals surface area contributed by atoms with Crippen molar-refractivity contribution in [3.8, 4) is 0 Å². The van der Waals surface area contributed by atoms with Crippen LogP contribution in [0.1, 0.15) is 50.4 Å². The number of amides is 3. The van der Waals surface area contributed by atoms with Crippen LogP contribution in [0.3, 0.4) is 0 Å². The zero-order valence-electron chi connectivity index (χ0n) is 17.7. The van der Waals surface area contributed by atoms with E-state index in [0.717, 1.165) is 12.8 Å². The number of hydrogen-bond acceptors (Lipinski definition) is 4. The van der Waals surface area contributed by atoms with Gasteiger partial charge < -0.3 is 21.3 Å². The molecule has 0 aliphatic heterocycles. The fourth-order valence-corrected chi connectivity index (χ4v) is 2.69. The van der Waals surface area contributed by atoms with Gasteiger partial charge in [-0.3, -0.25) is 14.4 Å². The van der Waals surface area contributed by atoms with Gasteiger partial charge in [0.1, 0.15) is 0 Å². The molecule has 0 saturated carbocycles. The molecule has 0 bridgehead atoms. The van der Waals surface area contributed by atoms with Crippen LogP contribution in [-0.4, -0.2) is 30.3 Å². The minimum absolute atomic E-state index is 0.0445. The molecule has 1 unspecified atom stereocenters. The highest BCUT2D eigenvalue weighted by atomic mass is 16.2. The second-order valence-corrected chi connectivity index (χ2v) is 7.14. The molecular formula is C23H30N4O3. The van der Waals surface area contributed by atoms with Crippen molar-refractivity contribution < 1.29 is 14.4 Å². The summed E-state index contributed by atoms with van der Waals surface area (Å²) in [7, 11) is 0. The summed E-state index contributed by atoms with van der Waals surface area (Å²) in [5.41, 5.74) is 2.45. The molecule has 0 heterocycles. The first kappa shape index (κ1) is 22.9. The summed E-state index contributed by atoms with van der Waals surface area (Å²) in [6, 6.07) is 14.1. The van der Waals surface area contributed by atoms with E-state index in [1.54, 1.807) is 48.5 Å². The van der Waals surface area contributed by atoms with Crippen molar-refractivity contribution in [3.05, 3.63) is 54.1 Å². The van der Waals surface area contributed by atoms with Gasteiger partial charge in [-0.1, -0.05) is 26.0 Å². The summed E-state index contributed by atoms with van der Waals surface area (Å²) >= 11 is 0. The van der Waals surface area contributed by atoms with Crippen molar-refractivity contribution in [2.45, 2.75) is 46.1 Å². The smallest absolute Gasteiger partial charge is 0.251 e. The Balaban J connectivity index is 1.90. The maximum Gasteiger partial charge on any atom is 0.251 e. The molecule has 0 fully saturated rings. The van der Waals surface area contributed by atoms with E-state index in [1.165, 1.54) is 0 Å². The molecule has 1 atom stereocenters. The van der Waals surface area contributed by atoms with Gasteiger partial charge in [0.2, 0.25) is 11.8 Å². The summed E-state index contributed by atoms with van der Waals surface area (Å²) in [6.45, 7) is 5.95. The van der Waals surface area contributed by atoms with Crippen molar-refractivity contribution in [3.63, 3.8) is 0 Å². The molecule has 0 aliphatic rings. The monoisotopic (exact) mass is 410 g/mol. The Labute approximate surface area is 177 Å². The summed E-state index contributed by atoms with van der Waals surface area (Å²) in [6.07, 6.45) is 2.08. The molecule has 160 valence electrons. The maximum absolute atomic E-state index is 12.3. The Morgan fingerprint density at radius 3 is 2.17 bits per heavy atom. The van der Waals surface area contributed by atoms with E-state index in [9.17, 15) is 14.4 Å². The van der Waals surface area contributed by atoms with Crippen molar-refractivity contribution in [1.29, 1.82) is 0 Å². The quantitative estimate of drug-likeness (QED) is 0.476. The van der Waals surface area contributed by atoms with Crippen LogP contribution in [0.4, 0.5) is 17.1 Å². The first-order valence-electron chi connectivity index (χ1n) is 10.3. The number of anilines is 3. The molecule has 0 saturated heterocycles. The Morgan fingerprint density at radius 1 is 0.867 bits per heavy atom. The lowest BCUT2D eigenvalue weighted by Crippen LogP contribution is -2.31. The SMILES string of the molecule is CCCC(=O)Nc1cccc(NC(=O)CNc2cccc(C(=O)NC(C)CC)c2)c1. The van der Waals surface area contributed by atoms with Crippen LogP contribution in [0.15, 0.2) is 48.5 Å². The van der Waals surface area contributed by atoms with Crippen LogP contribution < -0.4 is 21.3 Å². The molecule has 0 spiro atoms. The standard InChI is InChI=1S/C23H30N4O3/c1-4-8-21(28)26-19-11-7-12-20(14-19)27-22(29)15-24-18-10-6-9-17(13-18)23(30)25-16(3)5-2/h6-7,9-14,16,24H,4-5,8,15H2,1-3H3,(H,25,30)(H,26,28)(H,27,29). The molecule has 7 nitrogen and oxygen atoms in total. The lowest BCUT2D eigenvalue weighted by atomic mass is 10.1. The zero-order chi connectivity index (χ0) is 21.9. The molecule has 4 N–H and O–H groups in total. The van der Waals surface area contributed by atoms with Crippen molar-refractivity contribution in [1.82, 2.24) is 5.32 Å². The second kappa shape index (κ2) is 11.6. The van der Waals surface area contributed by atoms with Gasteiger partial charge in [0, 0.05) is 35.1 Å². The third kappa shape index (κ3) is 7.58. The Bertz CT molecular complexity index is 882. The predicted molar refractivity (Wildman–Crippen MR) is 121 cm³/mol. The maximum atomic E-state index is 12.3. The Morgan fingerprint density at radius 2 is 1.50 bits per heavy atom. The molecule has 0 aliphatic carbocycles. The van der Waals surface area contributed by atoms with Crippen LogP contribution in [0.2, 0.25) is 0 Å². The number of benzene rings is 2. The van der Waals surface area contributed by atoms with Gasteiger partial charge in [-0.2, -0.15) is 0 Å². The van der Waals surface area contributed by atoms with Crippen LogP contribution in [-0.2, 0) is 9.59 Å². The van der Waals surface area contributed by atoms with E-state index in [0.29, 0.717) is 29.0 Å². The normalized spacial score (nSPS) is 11.3. The van der Waals surface area contributed by atoms with Gasteiger partial charge in [0.25, 0.3) is 5.91 Å². The van der Waals surface area contributed by atoms with Gasteiger partial charge in [0.15, 0.2) is 0 Å². The van der Waals surface area contributed by atoms with E-state index in [4.69, 9.17) is 0 Å². The minimum atomic E-state index is -0.235. The predicted octanol–water partition coefficient (Wildman–Crippen LogP) is 4.00. The van der Waals surface area contributed by atoms with Gasteiger partial charge in [-0.15, -0.1) is 0 Å². The Kier molecular flexibility index (Phi) is 8.87. The first-order valence-corrected chi connectivity index (χ1v) is 10.3. The van der Waals surface area contributed by atoms with E-state index in [2.05, 4.69) is 21.3 Å². The number of carbonyl (C=O) groups is 3. The van der Waals surface area contributed by atoms with Crippen LogP contribution >= 0.6 is 0 Å². The average molecular weight is 411 g/mol. The van der Waals surface area contributed by atoms with Crippen molar-refractivity contribution in [2.24, 2.45) is 0 Å². The second-order valence-electron chi connectivity index (χ2n) is 7.14. The number of nitrogens with one attached hydrogen (secondary N) is 4. The van der Waals surface area contributed by atoms with E-state index < -0.39 is 0 Å². The molecule has 30 heavy (non-hydrogen) atoms. The molecular weight excluding hydrogens is 380 g/mol. The summed E-state index contributed by atoms with van der Waals surface area (Å²) in [5.74, 6) is -0.430. The lowest BCUT2D eigenvalue weighted by Gasteiger charge is -2.13. The van der Waals surface area contributed by atoms with Gasteiger partial charge in [-0.25, -0.2) is 0 Å². The topological polar surface area (TPSA) is 99.3 Å². The summed E-state index contributed by atoms with van der Waals surface area (Å²) in [5, 5.41) is 11.6. The van der Waals surface area contributed by atoms with E-state index >= 15 is 0 Å². The summed E-state index contributed by atoms with van der Waals surface area (Å²) in [4.78, 5) is 36.3. The van der Waals surface area contributed by atoms with Gasteiger partial charge >= 0.3 is 0 Å². The molecule has 2 aromatic rings. The largest absolute Gasteiger partial charge is 0.376 e. The van der Waals surface area contributed by atoms with Crippen molar-refractivity contribution >= 4 is 34.8 Å². The minimum Gasteiger partial charge on any atom is -0.376 e. The third-order valence-corrected chi connectivity index (χ3v) is 4.47. The van der Waals surface area contributed by atoms with Crippen LogP contribution in [0.25, 0.3) is 0 Å². The third-order valence-electron chi connectivity index (χ3n) is 4.47.